The van der Waals surface area contributed by atoms with Crippen molar-refractivity contribution in [1.82, 2.24) is 4.98 Å². The molecule has 1 aromatic carbocycles. The molecule has 0 saturated heterocycles. The molecule has 0 aliphatic carbocycles. The average molecular weight is 359 g/mol. The molecule has 5 heteroatoms. The van der Waals surface area contributed by atoms with Gasteiger partial charge in [-0.05, 0) is 67.5 Å². The van der Waals surface area contributed by atoms with Crippen LogP contribution in [0.3, 0.4) is 0 Å². The van der Waals surface area contributed by atoms with Crippen molar-refractivity contribution in [1.29, 1.82) is 0 Å². The number of rotatable bonds is 2. The van der Waals surface area contributed by atoms with Gasteiger partial charge in [0.15, 0.2) is 0 Å². The lowest BCUT2D eigenvalue weighted by Gasteiger charge is -2.01. The molecule has 0 aliphatic heterocycles. The number of anilines is 1. The summed E-state index contributed by atoms with van der Waals surface area (Å²) in [6, 6.07) is 2.18. The van der Waals surface area contributed by atoms with Gasteiger partial charge in [0.2, 0.25) is 5.13 Å². The van der Waals surface area contributed by atoms with Crippen molar-refractivity contribution >= 4 is 55.0 Å². The van der Waals surface area contributed by atoms with Gasteiger partial charge < -0.3 is 0 Å². The Balaban J connectivity index is 2.53. The summed E-state index contributed by atoms with van der Waals surface area (Å²) in [5.74, 6) is 0. The number of halogens is 1. The summed E-state index contributed by atoms with van der Waals surface area (Å²) < 4.78 is 2.54. The third-order valence-electron chi connectivity index (χ3n) is 2.42. The Morgan fingerprint density at radius 3 is 2.76 bits per heavy atom. The topological polar surface area (TPSA) is 37.3 Å². The summed E-state index contributed by atoms with van der Waals surface area (Å²) in [6.45, 7) is 8.15. The van der Waals surface area contributed by atoms with Crippen LogP contribution in [-0.2, 0) is 0 Å². The van der Waals surface area contributed by atoms with Crippen LogP contribution in [0.15, 0.2) is 11.2 Å². The van der Waals surface area contributed by atoms with E-state index in [9.17, 15) is 0 Å². The highest BCUT2D eigenvalue weighted by Crippen LogP contribution is 2.33. The Labute approximate surface area is 118 Å². The molecule has 0 bridgehead atoms. The molecule has 0 spiro atoms. The number of hydrogen-bond donors (Lipinski definition) is 1. The van der Waals surface area contributed by atoms with Gasteiger partial charge in [0.25, 0.3) is 0 Å². The molecule has 0 radical (unpaired) electrons. The largest absolute Gasteiger partial charge is 0.253 e. The van der Waals surface area contributed by atoms with E-state index in [4.69, 9.17) is 0 Å². The summed E-state index contributed by atoms with van der Waals surface area (Å²) in [4.78, 5) is 4.58. The fourth-order valence-corrected chi connectivity index (χ4v) is 3.43. The number of nitrogens with one attached hydrogen (secondary N) is 1. The molecule has 90 valence electrons. The Hall–Kier alpha value is -0.690. The van der Waals surface area contributed by atoms with Gasteiger partial charge in [-0.2, -0.15) is 5.10 Å². The van der Waals surface area contributed by atoms with E-state index in [1.54, 1.807) is 11.3 Å². The Morgan fingerprint density at radius 2 is 2.12 bits per heavy atom. The highest BCUT2D eigenvalue weighted by Gasteiger charge is 2.10. The summed E-state index contributed by atoms with van der Waals surface area (Å²) >= 11 is 4.03. The van der Waals surface area contributed by atoms with Crippen molar-refractivity contribution in [3.8, 4) is 0 Å². The first kappa shape index (κ1) is 12.8. The second kappa shape index (κ2) is 4.89. The Bertz CT molecular complexity index is 597. The molecule has 0 aliphatic rings. The van der Waals surface area contributed by atoms with E-state index in [1.165, 1.54) is 19.4 Å². The zero-order valence-corrected chi connectivity index (χ0v) is 13.2. The number of aryl methyl sites for hydroxylation is 2. The molecule has 0 amide bonds. The lowest BCUT2D eigenvalue weighted by molar-refractivity contribution is 1.28. The number of hydrogen-bond acceptors (Lipinski definition) is 4. The molecule has 17 heavy (non-hydrogen) atoms. The van der Waals surface area contributed by atoms with Gasteiger partial charge in [0.05, 0.1) is 10.2 Å². The molecule has 1 heterocycles. The van der Waals surface area contributed by atoms with Crippen LogP contribution in [0.5, 0.6) is 0 Å². The van der Waals surface area contributed by atoms with Crippen molar-refractivity contribution in [2.45, 2.75) is 27.7 Å². The van der Waals surface area contributed by atoms with Crippen LogP contribution in [0.1, 0.15) is 25.0 Å². The van der Waals surface area contributed by atoms with E-state index in [0.717, 1.165) is 16.4 Å². The zero-order chi connectivity index (χ0) is 12.6. The Morgan fingerprint density at radius 1 is 1.41 bits per heavy atom. The van der Waals surface area contributed by atoms with Crippen molar-refractivity contribution in [3.63, 3.8) is 0 Å². The van der Waals surface area contributed by atoms with Gasteiger partial charge in [-0.1, -0.05) is 11.3 Å². The van der Waals surface area contributed by atoms with Crippen molar-refractivity contribution < 1.29 is 0 Å². The fraction of sp³-hybridized carbons (Fsp3) is 0.333. The van der Waals surface area contributed by atoms with Gasteiger partial charge in [-0.3, -0.25) is 5.43 Å². The van der Waals surface area contributed by atoms with Gasteiger partial charge in [-0.25, -0.2) is 4.98 Å². The first-order valence-corrected chi connectivity index (χ1v) is 7.21. The van der Waals surface area contributed by atoms with E-state index in [1.807, 2.05) is 13.8 Å². The molecule has 0 saturated carbocycles. The molecular formula is C12H14IN3S. The number of fused-ring (bicyclic) bond motifs is 1. The molecule has 1 aromatic heterocycles. The minimum Gasteiger partial charge on any atom is -0.253 e. The molecule has 0 atom stereocenters. The van der Waals surface area contributed by atoms with Crippen LogP contribution in [0.2, 0.25) is 0 Å². The van der Waals surface area contributed by atoms with Crippen molar-refractivity contribution in [2.75, 3.05) is 5.43 Å². The monoisotopic (exact) mass is 359 g/mol. The van der Waals surface area contributed by atoms with Gasteiger partial charge >= 0.3 is 0 Å². The number of aromatic nitrogens is 1. The smallest absolute Gasteiger partial charge is 0.204 e. The maximum absolute atomic E-state index is 4.58. The first-order valence-electron chi connectivity index (χ1n) is 5.32. The van der Waals surface area contributed by atoms with Gasteiger partial charge in [0.1, 0.15) is 0 Å². The lowest BCUT2D eigenvalue weighted by atomic mass is 10.1. The molecule has 0 unspecified atom stereocenters. The maximum atomic E-state index is 4.58. The molecular weight excluding hydrogens is 345 g/mol. The van der Waals surface area contributed by atoms with Gasteiger partial charge in [-0.15, -0.1) is 0 Å². The second-order valence-electron chi connectivity index (χ2n) is 4.17. The van der Waals surface area contributed by atoms with E-state index >= 15 is 0 Å². The van der Waals surface area contributed by atoms with Crippen LogP contribution in [0.4, 0.5) is 5.13 Å². The standard InChI is InChI=1S/C12H14IN3S/c1-6(2)15-16-12-14-10-7(3)5-9(13)8(4)11(10)17-12/h5H,1-4H3,(H,14,16). The summed E-state index contributed by atoms with van der Waals surface area (Å²) in [6.07, 6.45) is 0. The fourth-order valence-electron chi connectivity index (χ4n) is 1.52. The summed E-state index contributed by atoms with van der Waals surface area (Å²) in [5.41, 5.74) is 7.59. The van der Waals surface area contributed by atoms with Crippen molar-refractivity contribution in [2.24, 2.45) is 5.10 Å². The SMILES string of the molecule is CC(C)=NNc1nc2c(C)cc(I)c(C)c2s1. The predicted molar refractivity (Wildman–Crippen MR) is 84.2 cm³/mol. The Kier molecular flexibility index (Phi) is 3.67. The number of hydrazone groups is 1. The van der Waals surface area contributed by atoms with Gasteiger partial charge in [0, 0.05) is 9.28 Å². The number of benzene rings is 1. The normalized spacial score (nSPS) is 10.6. The van der Waals surface area contributed by atoms with E-state index in [-0.39, 0.29) is 0 Å². The lowest BCUT2D eigenvalue weighted by Crippen LogP contribution is -1.91. The zero-order valence-electron chi connectivity index (χ0n) is 10.3. The molecule has 2 rings (SSSR count). The third-order valence-corrected chi connectivity index (χ3v) is 4.62. The third kappa shape index (κ3) is 2.60. The van der Waals surface area contributed by atoms with Crippen LogP contribution >= 0.6 is 33.9 Å². The minimum atomic E-state index is 0.856. The van der Waals surface area contributed by atoms with Crippen LogP contribution in [-0.4, -0.2) is 10.7 Å². The number of nitrogens with zero attached hydrogens (tertiary/aromatic N) is 2. The first-order chi connectivity index (χ1) is 7.99. The van der Waals surface area contributed by atoms with E-state index in [0.29, 0.717) is 0 Å². The predicted octanol–water partition coefficient (Wildman–Crippen LogP) is 4.33. The minimum absolute atomic E-state index is 0.856. The molecule has 1 N–H and O–H groups in total. The van der Waals surface area contributed by atoms with Crippen LogP contribution in [0, 0.1) is 17.4 Å². The van der Waals surface area contributed by atoms with Crippen LogP contribution in [0.25, 0.3) is 10.2 Å². The highest BCUT2D eigenvalue weighted by atomic mass is 127. The van der Waals surface area contributed by atoms with Crippen molar-refractivity contribution in [3.05, 3.63) is 20.8 Å². The second-order valence-corrected chi connectivity index (χ2v) is 6.33. The number of thiazole rings is 1. The molecule has 0 fully saturated rings. The summed E-state index contributed by atoms with van der Waals surface area (Å²) in [7, 11) is 0. The van der Waals surface area contributed by atoms with Crippen LogP contribution < -0.4 is 5.43 Å². The highest BCUT2D eigenvalue weighted by molar-refractivity contribution is 14.1. The average Bonchev–Trinajstić information content (AvgIpc) is 2.68. The van der Waals surface area contributed by atoms with E-state index in [2.05, 4.69) is 58.0 Å². The molecule has 3 nitrogen and oxygen atoms in total. The quantitative estimate of drug-likeness (QED) is 0.493. The maximum Gasteiger partial charge on any atom is 0.204 e. The summed E-state index contributed by atoms with van der Waals surface area (Å²) in [5, 5.41) is 5.04. The van der Waals surface area contributed by atoms with E-state index < -0.39 is 0 Å². The molecule has 2 aromatic rings.